The second kappa shape index (κ2) is 6.46. The summed E-state index contributed by atoms with van der Waals surface area (Å²) in [6, 6.07) is 4.96. The molecule has 1 saturated heterocycles. The maximum absolute atomic E-state index is 12.3. The van der Waals surface area contributed by atoms with Crippen molar-refractivity contribution in [3.63, 3.8) is 0 Å². The van der Waals surface area contributed by atoms with Gasteiger partial charge in [-0.3, -0.25) is 19.3 Å². The summed E-state index contributed by atoms with van der Waals surface area (Å²) in [5.41, 5.74) is 0.498. The molecule has 2 rings (SSSR count). The lowest BCUT2D eigenvalue weighted by Gasteiger charge is -2.32. The zero-order valence-electron chi connectivity index (χ0n) is 12.8. The van der Waals surface area contributed by atoms with Gasteiger partial charge in [0.1, 0.15) is 24.6 Å². The van der Waals surface area contributed by atoms with E-state index in [-0.39, 0.29) is 31.3 Å². The number of anilines is 1. The lowest BCUT2D eigenvalue weighted by Crippen LogP contribution is -2.55. The van der Waals surface area contributed by atoms with Crippen molar-refractivity contribution in [1.82, 2.24) is 4.90 Å². The molecule has 0 saturated carbocycles. The molecule has 7 nitrogen and oxygen atoms in total. The fraction of sp³-hybridized carbons (Fsp3) is 0.400. The zero-order valence-corrected chi connectivity index (χ0v) is 12.8. The van der Waals surface area contributed by atoms with Crippen molar-refractivity contribution in [2.75, 3.05) is 32.2 Å². The average Bonchev–Trinajstić information content (AvgIpc) is 2.55. The van der Waals surface area contributed by atoms with Gasteiger partial charge in [0.05, 0.1) is 19.9 Å². The molecule has 1 aromatic carbocycles. The molecule has 0 N–H and O–H groups in total. The maximum Gasteiger partial charge on any atom is 0.249 e. The third kappa shape index (κ3) is 3.03. The van der Waals surface area contributed by atoms with E-state index in [2.05, 4.69) is 0 Å². The van der Waals surface area contributed by atoms with Gasteiger partial charge in [-0.2, -0.15) is 0 Å². The van der Waals surface area contributed by atoms with Crippen LogP contribution in [0.2, 0.25) is 0 Å². The first kappa shape index (κ1) is 15.8. The van der Waals surface area contributed by atoms with Gasteiger partial charge in [0.2, 0.25) is 17.7 Å². The minimum Gasteiger partial charge on any atom is -0.497 e. The molecule has 1 aliphatic heterocycles. The van der Waals surface area contributed by atoms with Gasteiger partial charge < -0.3 is 14.4 Å². The highest BCUT2D eigenvalue weighted by Crippen LogP contribution is 2.29. The van der Waals surface area contributed by atoms with E-state index >= 15 is 0 Å². The van der Waals surface area contributed by atoms with E-state index in [1.807, 2.05) is 0 Å². The molecule has 0 unspecified atom stereocenters. The molecular weight excluding hydrogens is 288 g/mol. The summed E-state index contributed by atoms with van der Waals surface area (Å²) < 4.78 is 10.3. The van der Waals surface area contributed by atoms with Crippen LogP contribution in [-0.4, -0.2) is 49.9 Å². The fourth-order valence-electron chi connectivity index (χ4n) is 2.22. The van der Waals surface area contributed by atoms with E-state index in [0.29, 0.717) is 17.2 Å². The van der Waals surface area contributed by atoms with Gasteiger partial charge in [-0.15, -0.1) is 0 Å². The quantitative estimate of drug-likeness (QED) is 0.823. The molecule has 1 aliphatic rings. The Hall–Kier alpha value is -2.57. The Morgan fingerprint density at radius 3 is 2.14 bits per heavy atom. The summed E-state index contributed by atoms with van der Waals surface area (Å²) in [6.45, 7) is 1.23. The predicted octanol–water partition coefficient (Wildman–Crippen LogP) is 0.816. The fourth-order valence-corrected chi connectivity index (χ4v) is 2.22. The predicted molar refractivity (Wildman–Crippen MR) is 78.9 cm³/mol. The van der Waals surface area contributed by atoms with Crippen molar-refractivity contribution in [2.24, 2.45) is 0 Å². The second-order valence-corrected chi connectivity index (χ2v) is 4.78. The summed E-state index contributed by atoms with van der Waals surface area (Å²) in [5.74, 6) is -0.0329. The molecule has 7 heteroatoms. The number of imide groups is 1. The van der Waals surface area contributed by atoms with Crippen molar-refractivity contribution in [3.05, 3.63) is 18.2 Å². The third-order valence-corrected chi connectivity index (χ3v) is 3.44. The summed E-state index contributed by atoms with van der Waals surface area (Å²) in [4.78, 5) is 38.3. The van der Waals surface area contributed by atoms with Crippen molar-refractivity contribution in [2.45, 2.75) is 13.3 Å². The number of ether oxygens (including phenoxy) is 2. The SMILES string of the molecule is CCC(=O)N1CC(=O)N(c2cc(OC)cc(OC)c2)CC1=O. The van der Waals surface area contributed by atoms with E-state index < -0.39 is 5.91 Å². The van der Waals surface area contributed by atoms with Crippen LogP contribution in [-0.2, 0) is 14.4 Å². The Morgan fingerprint density at radius 2 is 1.64 bits per heavy atom. The van der Waals surface area contributed by atoms with Crippen LogP contribution in [0, 0.1) is 0 Å². The van der Waals surface area contributed by atoms with Crippen LogP contribution in [0.1, 0.15) is 13.3 Å². The Labute approximate surface area is 128 Å². The molecule has 0 atom stereocenters. The highest BCUT2D eigenvalue weighted by atomic mass is 16.5. The maximum atomic E-state index is 12.3. The summed E-state index contributed by atoms with van der Waals surface area (Å²) in [7, 11) is 3.01. The summed E-state index contributed by atoms with van der Waals surface area (Å²) in [6.07, 6.45) is 0.187. The van der Waals surface area contributed by atoms with Gasteiger partial charge in [0.25, 0.3) is 0 Å². The lowest BCUT2D eigenvalue weighted by atomic mass is 10.2. The Morgan fingerprint density at radius 1 is 1.05 bits per heavy atom. The van der Waals surface area contributed by atoms with E-state index in [0.717, 1.165) is 4.90 Å². The molecule has 1 heterocycles. The average molecular weight is 306 g/mol. The molecular formula is C15H18N2O5. The third-order valence-electron chi connectivity index (χ3n) is 3.44. The molecule has 0 aromatic heterocycles. The molecule has 3 amide bonds. The zero-order chi connectivity index (χ0) is 16.3. The molecule has 0 radical (unpaired) electrons. The van der Waals surface area contributed by atoms with Crippen LogP contribution in [0.15, 0.2) is 18.2 Å². The van der Waals surface area contributed by atoms with E-state index in [9.17, 15) is 14.4 Å². The lowest BCUT2D eigenvalue weighted by molar-refractivity contribution is -0.149. The molecule has 118 valence electrons. The number of hydrogen-bond donors (Lipinski definition) is 0. The smallest absolute Gasteiger partial charge is 0.249 e. The number of nitrogens with zero attached hydrogens (tertiary/aromatic N) is 2. The number of carbonyl (C=O) groups excluding carboxylic acids is 3. The van der Waals surface area contributed by atoms with Crippen LogP contribution in [0.25, 0.3) is 0 Å². The standard InChI is InChI=1S/C15H18N2O5/c1-4-13(18)17-9-14(19)16(8-15(17)20)10-5-11(21-2)7-12(6-10)22-3/h5-7H,4,8-9H2,1-3H3. The van der Waals surface area contributed by atoms with Crippen molar-refractivity contribution >= 4 is 23.4 Å². The van der Waals surface area contributed by atoms with Crippen LogP contribution >= 0.6 is 0 Å². The van der Waals surface area contributed by atoms with Gasteiger partial charge in [-0.1, -0.05) is 6.92 Å². The number of piperazine rings is 1. The minimum absolute atomic E-state index is 0.180. The van der Waals surface area contributed by atoms with Crippen LogP contribution < -0.4 is 14.4 Å². The summed E-state index contributed by atoms with van der Waals surface area (Å²) in [5, 5.41) is 0. The van der Waals surface area contributed by atoms with Gasteiger partial charge >= 0.3 is 0 Å². The molecule has 1 fully saturated rings. The van der Waals surface area contributed by atoms with Crippen molar-refractivity contribution in [3.8, 4) is 11.5 Å². The molecule has 22 heavy (non-hydrogen) atoms. The molecule has 1 aromatic rings. The molecule has 0 bridgehead atoms. The first-order valence-corrected chi connectivity index (χ1v) is 6.86. The van der Waals surface area contributed by atoms with E-state index in [1.54, 1.807) is 25.1 Å². The van der Waals surface area contributed by atoms with Crippen molar-refractivity contribution in [1.29, 1.82) is 0 Å². The Kier molecular flexibility index (Phi) is 4.65. The van der Waals surface area contributed by atoms with Crippen LogP contribution in [0.3, 0.4) is 0 Å². The van der Waals surface area contributed by atoms with E-state index in [4.69, 9.17) is 9.47 Å². The van der Waals surface area contributed by atoms with Gasteiger partial charge in [-0.05, 0) is 0 Å². The number of hydrogen-bond acceptors (Lipinski definition) is 5. The highest BCUT2D eigenvalue weighted by molar-refractivity contribution is 6.10. The van der Waals surface area contributed by atoms with Crippen molar-refractivity contribution < 1.29 is 23.9 Å². The molecule has 0 aliphatic carbocycles. The summed E-state index contributed by atoms with van der Waals surface area (Å²) >= 11 is 0. The van der Waals surface area contributed by atoms with Crippen LogP contribution in [0.4, 0.5) is 5.69 Å². The Balaban J connectivity index is 2.29. The molecule has 0 spiro atoms. The second-order valence-electron chi connectivity index (χ2n) is 4.78. The number of carbonyl (C=O) groups is 3. The normalized spacial score (nSPS) is 15.0. The van der Waals surface area contributed by atoms with Gasteiger partial charge in [0.15, 0.2) is 0 Å². The van der Waals surface area contributed by atoms with Gasteiger partial charge in [0, 0.05) is 24.6 Å². The van der Waals surface area contributed by atoms with Gasteiger partial charge in [-0.25, -0.2) is 0 Å². The first-order valence-electron chi connectivity index (χ1n) is 6.86. The highest BCUT2D eigenvalue weighted by Gasteiger charge is 2.34. The number of methoxy groups -OCH3 is 2. The largest absolute Gasteiger partial charge is 0.497 e. The number of rotatable bonds is 4. The Bertz CT molecular complexity index is 592. The topological polar surface area (TPSA) is 76.2 Å². The van der Waals surface area contributed by atoms with Crippen LogP contribution in [0.5, 0.6) is 11.5 Å². The monoisotopic (exact) mass is 306 g/mol. The first-order chi connectivity index (χ1) is 10.5. The minimum atomic E-state index is -0.395. The number of benzene rings is 1. The number of amides is 3. The van der Waals surface area contributed by atoms with E-state index in [1.165, 1.54) is 19.1 Å².